The zero-order valence-electron chi connectivity index (χ0n) is 12.4. The van der Waals surface area contributed by atoms with Crippen LogP contribution in [0.1, 0.15) is 11.1 Å². The molecule has 1 fully saturated rings. The van der Waals surface area contributed by atoms with E-state index in [1.165, 1.54) is 24.3 Å². The molecule has 0 amide bonds. The molecule has 23 heavy (non-hydrogen) atoms. The number of hydrogen-bond acceptors (Lipinski definition) is 2. The lowest BCUT2D eigenvalue weighted by Gasteiger charge is -2.18. The summed E-state index contributed by atoms with van der Waals surface area (Å²) in [4.78, 5) is 12.5. The minimum absolute atomic E-state index is 0.0441. The topological polar surface area (TPSA) is 29.1 Å². The van der Waals surface area contributed by atoms with Gasteiger partial charge in [0.15, 0.2) is 5.78 Å². The van der Waals surface area contributed by atoms with Crippen molar-refractivity contribution in [2.45, 2.75) is 0 Å². The van der Waals surface area contributed by atoms with E-state index in [1.807, 2.05) is 0 Å². The number of benzene rings is 2. The Morgan fingerprint density at radius 1 is 0.739 bits per heavy atom. The summed E-state index contributed by atoms with van der Waals surface area (Å²) in [6.07, 6.45) is 3.51. The molecule has 3 rings (SSSR count). The molecule has 0 saturated carbocycles. The maximum absolute atomic E-state index is 12.9. The first-order valence-electron chi connectivity index (χ1n) is 7.29. The van der Waals surface area contributed by atoms with E-state index in [0.29, 0.717) is 24.2 Å². The van der Waals surface area contributed by atoms with Crippen LogP contribution in [-0.2, 0) is 4.79 Å². The van der Waals surface area contributed by atoms with Crippen molar-refractivity contribution in [3.8, 4) is 0 Å². The van der Waals surface area contributed by atoms with Crippen molar-refractivity contribution in [2.75, 3.05) is 13.1 Å². The average molecular weight is 311 g/mol. The fourth-order valence-corrected chi connectivity index (χ4v) is 2.45. The molecule has 1 aliphatic rings. The number of halogens is 2. The number of rotatable bonds is 2. The molecule has 1 heterocycles. The number of hydrogen-bond donors (Lipinski definition) is 1. The molecule has 2 aromatic carbocycles. The lowest BCUT2D eigenvalue weighted by atomic mass is 9.95. The lowest BCUT2D eigenvalue weighted by molar-refractivity contribution is -0.112. The molecule has 2 aromatic rings. The van der Waals surface area contributed by atoms with Gasteiger partial charge in [-0.1, -0.05) is 24.3 Å². The van der Waals surface area contributed by atoms with E-state index < -0.39 is 0 Å². The summed E-state index contributed by atoms with van der Waals surface area (Å²) >= 11 is 0. The van der Waals surface area contributed by atoms with Crippen LogP contribution >= 0.6 is 0 Å². The molecule has 4 heteroatoms. The van der Waals surface area contributed by atoms with Crippen LogP contribution in [-0.4, -0.2) is 18.9 Å². The molecule has 0 radical (unpaired) electrons. The summed E-state index contributed by atoms with van der Waals surface area (Å²) in [5.41, 5.74) is 2.80. The van der Waals surface area contributed by atoms with Gasteiger partial charge in [-0.05, 0) is 47.5 Å². The van der Waals surface area contributed by atoms with Crippen molar-refractivity contribution in [2.24, 2.45) is 0 Å². The Labute approximate surface area is 133 Å². The van der Waals surface area contributed by atoms with Gasteiger partial charge in [-0.2, -0.15) is 0 Å². The molecule has 1 aliphatic heterocycles. The van der Waals surface area contributed by atoms with Crippen molar-refractivity contribution in [1.29, 1.82) is 0 Å². The maximum atomic E-state index is 12.9. The molecule has 116 valence electrons. The highest BCUT2D eigenvalue weighted by atomic mass is 19.1. The van der Waals surface area contributed by atoms with E-state index in [1.54, 1.807) is 36.4 Å². The Bertz CT molecular complexity index is 709. The molecular weight excluding hydrogens is 296 g/mol. The molecule has 0 atom stereocenters. The fraction of sp³-hybridized carbons (Fsp3) is 0.105. The van der Waals surface area contributed by atoms with Crippen molar-refractivity contribution in [3.05, 3.63) is 82.4 Å². The summed E-state index contributed by atoms with van der Waals surface area (Å²) in [5.74, 6) is -0.660. The van der Waals surface area contributed by atoms with Crippen LogP contribution in [0.2, 0.25) is 0 Å². The first-order valence-corrected chi connectivity index (χ1v) is 7.29. The molecule has 1 saturated heterocycles. The van der Waals surface area contributed by atoms with Crippen LogP contribution < -0.4 is 5.32 Å². The maximum Gasteiger partial charge on any atom is 0.187 e. The summed E-state index contributed by atoms with van der Waals surface area (Å²) < 4.78 is 25.9. The van der Waals surface area contributed by atoms with E-state index in [4.69, 9.17) is 0 Å². The Morgan fingerprint density at radius 2 is 1.13 bits per heavy atom. The van der Waals surface area contributed by atoms with Gasteiger partial charge in [-0.3, -0.25) is 4.79 Å². The Kier molecular flexibility index (Phi) is 4.44. The number of piperidine rings is 1. The number of carbonyl (C=O) groups is 1. The molecule has 0 aromatic heterocycles. The van der Waals surface area contributed by atoms with Crippen LogP contribution in [0, 0.1) is 11.6 Å². The van der Waals surface area contributed by atoms with E-state index in [2.05, 4.69) is 5.32 Å². The monoisotopic (exact) mass is 311 g/mol. The van der Waals surface area contributed by atoms with Crippen LogP contribution in [0.5, 0.6) is 0 Å². The second-order valence-electron chi connectivity index (χ2n) is 5.37. The van der Waals surface area contributed by atoms with Crippen LogP contribution in [0.4, 0.5) is 8.78 Å². The van der Waals surface area contributed by atoms with Gasteiger partial charge < -0.3 is 5.32 Å². The number of ketones is 1. The van der Waals surface area contributed by atoms with Crippen LogP contribution in [0.15, 0.2) is 59.7 Å². The smallest absolute Gasteiger partial charge is 0.187 e. The lowest BCUT2D eigenvalue weighted by Crippen LogP contribution is -2.32. The van der Waals surface area contributed by atoms with Gasteiger partial charge in [-0.15, -0.1) is 0 Å². The van der Waals surface area contributed by atoms with Gasteiger partial charge in [0.1, 0.15) is 11.6 Å². The van der Waals surface area contributed by atoms with Gasteiger partial charge in [0.2, 0.25) is 0 Å². The Balaban J connectivity index is 1.86. The van der Waals surface area contributed by atoms with Gasteiger partial charge >= 0.3 is 0 Å². The molecule has 1 N–H and O–H groups in total. The third-order valence-corrected chi connectivity index (χ3v) is 3.64. The molecule has 0 bridgehead atoms. The second kappa shape index (κ2) is 6.67. The summed E-state index contributed by atoms with van der Waals surface area (Å²) in [6, 6.07) is 12.0. The molecule has 0 spiro atoms. The van der Waals surface area contributed by atoms with Gasteiger partial charge in [0, 0.05) is 24.2 Å². The predicted molar refractivity (Wildman–Crippen MR) is 86.6 cm³/mol. The van der Waals surface area contributed by atoms with E-state index in [-0.39, 0.29) is 17.4 Å². The fourth-order valence-electron chi connectivity index (χ4n) is 2.45. The summed E-state index contributed by atoms with van der Waals surface area (Å²) in [7, 11) is 0. The first kappa shape index (κ1) is 15.3. The van der Waals surface area contributed by atoms with Gasteiger partial charge in [-0.25, -0.2) is 8.78 Å². The Morgan fingerprint density at radius 3 is 1.52 bits per heavy atom. The highest BCUT2D eigenvalue weighted by molar-refractivity contribution is 6.14. The molecule has 0 unspecified atom stereocenters. The van der Waals surface area contributed by atoms with Crippen molar-refractivity contribution < 1.29 is 13.6 Å². The zero-order chi connectivity index (χ0) is 16.2. The first-order chi connectivity index (χ1) is 11.1. The SMILES string of the molecule is O=C1/C(=C/c2ccc(F)cc2)CNC/C1=C\c1ccc(F)cc1. The van der Waals surface area contributed by atoms with E-state index in [9.17, 15) is 13.6 Å². The number of nitrogens with one attached hydrogen (secondary N) is 1. The van der Waals surface area contributed by atoms with Crippen molar-refractivity contribution in [1.82, 2.24) is 5.32 Å². The minimum Gasteiger partial charge on any atom is -0.308 e. The quantitative estimate of drug-likeness (QED) is 0.859. The number of carbonyl (C=O) groups excluding carboxylic acids is 1. The molecule has 2 nitrogen and oxygen atoms in total. The third-order valence-electron chi connectivity index (χ3n) is 3.64. The third kappa shape index (κ3) is 3.79. The van der Waals surface area contributed by atoms with E-state index in [0.717, 1.165) is 11.1 Å². The highest BCUT2D eigenvalue weighted by Gasteiger charge is 2.20. The highest BCUT2D eigenvalue weighted by Crippen LogP contribution is 2.18. The average Bonchev–Trinajstić information content (AvgIpc) is 2.55. The standard InChI is InChI=1S/C19H15F2NO/c20-17-5-1-13(2-6-17)9-15-11-22-12-16(19(15)23)10-14-3-7-18(21)8-4-14/h1-10,22H,11-12H2/b15-9+,16-10+. The molecular formula is C19H15F2NO. The van der Waals surface area contributed by atoms with E-state index >= 15 is 0 Å². The summed E-state index contributed by atoms with van der Waals surface area (Å²) in [6.45, 7) is 0.938. The normalized spacial score (nSPS) is 18.6. The summed E-state index contributed by atoms with van der Waals surface area (Å²) in [5, 5.41) is 3.17. The Hall–Kier alpha value is -2.59. The second-order valence-corrected chi connectivity index (χ2v) is 5.37. The predicted octanol–water partition coefficient (Wildman–Crippen LogP) is 3.60. The zero-order valence-corrected chi connectivity index (χ0v) is 12.4. The minimum atomic E-state index is -0.308. The number of Topliss-reactive ketones (excluding diaryl/α,β-unsaturated/α-hetero) is 1. The van der Waals surface area contributed by atoms with Crippen LogP contribution in [0.3, 0.4) is 0 Å². The molecule has 0 aliphatic carbocycles. The van der Waals surface area contributed by atoms with Gasteiger partial charge in [0.05, 0.1) is 0 Å². The largest absolute Gasteiger partial charge is 0.308 e. The van der Waals surface area contributed by atoms with Gasteiger partial charge in [0.25, 0.3) is 0 Å². The van der Waals surface area contributed by atoms with Crippen molar-refractivity contribution in [3.63, 3.8) is 0 Å². The van der Waals surface area contributed by atoms with Crippen LogP contribution in [0.25, 0.3) is 12.2 Å². The van der Waals surface area contributed by atoms with Crippen molar-refractivity contribution >= 4 is 17.9 Å².